The Morgan fingerprint density at radius 3 is 2.87 bits per heavy atom. The van der Waals surface area contributed by atoms with E-state index in [1.807, 2.05) is 26.0 Å². The van der Waals surface area contributed by atoms with Crippen LogP contribution in [0.25, 0.3) is 0 Å². The normalized spacial score (nSPS) is 12.2. The third kappa shape index (κ3) is 4.10. The molecule has 0 saturated heterocycles. The molecule has 0 fully saturated rings. The summed E-state index contributed by atoms with van der Waals surface area (Å²) in [7, 11) is 0. The van der Waals surface area contributed by atoms with E-state index in [1.54, 1.807) is 0 Å². The second kappa shape index (κ2) is 5.98. The van der Waals surface area contributed by atoms with Crippen LogP contribution in [0.4, 0.5) is 4.79 Å². The van der Waals surface area contributed by atoms with E-state index < -0.39 is 0 Å². The third-order valence-corrected chi connectivity index (χ3v) is 3.32. The zero-order chi connectivity index (χ0) is 11.3. The van der Waals surface area contributed by atoms with E-state index in [4.69, 9.17) is 11.6 Å². The molecule has 5 heteroatoms. The molecule has 0 aliphatic heterocycles. The molecule has 0 bridgehead atoms. The average molecular weight is 247 g/mol. The van der Waals surface area contributed by atoms with Crippen LogP contribution in [0.5, 0.6) is 0 Å². The summed E-state index contributed by atoms with van der Waals surface area (Å²) in [5, 5.41) is 5.61. The van der Waals surface area contributed by atoms with Gasteiger partial charge in [-0.25, -0.2) is 4.79 Å². The number of urea groups is 1. The van der Waals surface area contributed by atoms with E-state index in [2.05, 4.69) is 10.6 Å². The smallest absolute Gasteiger partial charge is 0.315 e. The molecule has 2 N–H and O–H groups in total. The first-order valence-electron chi connectivity index (χ1n) is 4.93. The number of nitrogens with one attached hydrogen (secondary N) is 2. The lowest BCUT2D eigenvalue weighted by Crippen LogP contribution is -2.37. The minimum Gasteiger partial charge on any atom is -0.338 e. The Bertz CT molecular complexity index is 327. The van der Waals surface area contributed by atoms with Crippen LogP contribution in [0.1, 0.15) is 31.2 Å². The van der Waals surface area contributed by atoms with Crippen molar-refractivity contribution in [2.45, 2.75) is 26.3 Å². The number of hydrogen-bond donors (Lipinski definition) is 2. The molecular weight excluding hydrogens is 232 g/mol. The van der Waals surface area contributed by atoms with Gasteiger partial charge in [0.05, 0.1) is 10.4 Å². The monoisotopic (exact) mass is 246 g/mol. The molecule has 1 aromatic heterocycles. The molecule has 0 saturated carbocycles. The molecule has 1 rings (SSSR count). The first-order valence-corrected chi connectivity index (χ1v) is 6.12. The highest BCUT2D eigenvalue weighted by molar-refractivity contribution is 7.16. The largest absolute Gasteiger partial charge is 0.338 e. The lowest BCUT2D eigenvalue weighted by atomic mass is 10.3. The predicted octanol–water partition coefficient (Wildman–Crippen LogP) is 3.17. The van der Waals surface area contributed by atoms with Gasteiger partial charge in [0.15, 0.2) is 0 Å². The number of hydrogen-bond acceptors (Lipinski definition) is 2. The van der Waals surface area contributed by atoms with Crippen molar-refractivity contribution >= 4 is 29.0 Å². The third-order valence-electron chi connectivity index (χ3n) is 1.90. The summed E-state index contributed by atoms with van der Waals surface area (Å²) in [6.45, 7) is 4.65. The van der Waals surface area contributed by atoms with Crippen molar-refractivity contribution in [2.24, 2.45) is 0 Å². The summed E-state index contributed by atoms with van der Waals surface area (Å²) < 4.78 is 0.743. The van der Waals surface area contributed by atoms with Crippen LogP contribution < -0.4 is 10.6 Å². The Morgan fingerprint density at radius 2 is 2.33 bits per heavy atom. The second-order valence-corrected chi connectivity index (χ2v) is 5.01. The lowest BCUT2D eigenvalue weighted by molar-refractivity contribution is 0.238. The molecule has 0 spiro atoms. The summed E-state index contributed by atoms with van der Waals surface area (Å²) >= 11 is 7.30. The summed E-state index contributed by atoms with van der Waals surface area (Å²) in [6, 6.07) is 3.63. The van der Waals surface area contributed by atoms with Crippen LogP contribution in [0, 0.1) is 0 Å². The number of carbonyl (C=O) groups excluding carboxylic acids is 1. The highest BCUT2D eigenvalue weighted by atomic mass is 35.5. The van der Waals surface area contributed by atoms with Crippen LogP contribution >= 0.6 is 22.9 Å². The van der Waals surface area contributed by atoms with Crippen LogP contribution in [-0.4, -0.2) is 12.6 Å². The molecule has 0 aliphatic rings. The fourth-order valence-corrected chi connectivity index (χ4v) is 2.18. The van der Waals surface area contributed by atoms with Gasteiger partial charge in [0.2, 0.25) is 0 Å². The Kier molecular flexibility index (Phi) is 4.91. The van der Waals surface area contributed by atoms with Gasteiger partial charge in [-0.15, -0.1) is 11.3 Å². The summed E-state index contributed by atoms with van der Waals surface area (Å²) in [5.41, 5.74) is 0. The van der Waals surface area contributed by atoms with Crippen molar-refractivity contribution < 1.29 is 4.79 Å². The van der Waals surface area contributed by atoms with E-state index in [-0.39, 0.29) is 12.1 Å². The van der Waals surface area contributed by atoms with Gasteiger partial charge in [-0.05, 0) is 25.5 Å². The van der Waals surface area contributed by atoms with E-state index in [0.717, 1.165) is 15.6 Å². The molecule has 1 heterocycles. The number of halogens is 1. The Hall–Kier alpha value is -0.740. The fraction of sp³-hybridized carbons (Fsp3) is 0.500. The molecular formula is C10H15ClN2OS. The fourth-order valence-electron chi connectivity index (χ4n) is 1.12. The van der Waals surface area contributed by atoms with Crippen molar-refractivity contribution in [1.29, 1.82) is 0 Å². The molecule has 0 aliphatic carbocycles. The van der Waals surface area contributed by atoms with Crippen molar-refractivity contribution in [3.8, 4) is 0 Å². The van der Waals surface area contributed by atoms with Crippen LogP contribution in [0.3, 0.4) is 0 Å². The summed E-state index contributed by atoms with van der Waals surface area (Å²) in [6.07, 6.45) is 0.937. The van der Waals surface area contributed by atoms with E-state index in [0.29, 0.717) is 6.54 Å². The van der Waals surface area contributed by atoms with Crippen molar-refractivity contribution in [3.63, 3.8) is 0 Å². The lowest BCUT2D eigenvalue weighted by Gasteiger charge is -2.12. The zero-order valence-electron chi connectivity index (χ0n) is 8.84. The van der Waals surface area contributed by atoms with Crippen molar-refractivity contribution in [1.82, 2.24) is 10.6 Å². The SMILES string of the molecule is CCCNC(=O)N[C@@H](C)c1ccc(Cl)s1. The Labute approximate surface area is 98.8 Å². The maximum Gasteiger partial charge on any atom is 0.315 e. The highest BCUT2D eigenvalue weighted by Gasteiger charge is 2.10. The average Bonchev–Trinajstić information content (AvgIpc) is 2.61. The quantitative estimate of drug-likeness (QED) is 0.842. The molecule has 0 unspecified atom stereocenters. The summed E-state index contributed by atoms with van der Waals surface area (Å²) in [4.78, 5) is 12.4. The number of thiophene rings is 1. The van der Waals surface area contributed by atoms with Gasteiger partial charge < -0.3 is 10.6 Å². The van der Waals surface area contributed by atoms with Crippen LogP contribution in [0.2, 0.25) is 4.34 Å². The Morgan fingerprint density at radius 1 is 1.60 bits per heavy atom. The van der Waals surface area contributed by atoms with Gasteiger partial charge in [0.1, 0.15) is 0 Å². The minimum atomic E-state index is -0.131. The van der Waals surface area contributed by atoms with Gasteiger partial charge in [-0.2, -0.15) is 0 Å². The predicted molar refractivity (Wildman–Crippen MR) is 64.6 cm³/mol. The number of carbonyl (C=O) groups is 1. The molecule has 0 radical (unpaired) electrons. The highest BCUT2D eigenvalue weighted by Crippen LogP contribution is 2.26. The van der Waals surface area contributed by atoms with E-state index >= 15 is 0 Å². The molecule has 15 heavy (non-hydrogen) atoms. The molecule has 84 valence electrons. The van der Waals surface area contributed by atoms with Gasteiger partial charge in [0.25, 0.3) is 0 Å². The molecule has 1 atom stereocenters. The van der Waals surface area contributed by atoms with Crippen LogP contribution in [0.15, 0.2) is 12.1 Å². The molecule has 0 aromatic carbocycles. The van der Waals surface area contributed by atoms with Gasteiger partial charge in [0, 0.05) is 11.4 Å². The maximum atomic E-state index is 11.3. The van der Waals surface area contributed by atoms with Gasteiger partial charge in [-0.1, -0.05) is 18.5 Å². The van der Waals surface area contributed by atoms with E-state index in [1.165, 1.54) is 11.3 Å². The topological polar surface area (TPSA) is 41.1 Å². The van der Waals surface area contributed by atoms with Gasteiger partial charge >= 0.3 is 6.03 Å². The molecule has 3 nitrogen and oxygen atoms in total. The first-order chi connectivity index (χ1) is 7.13. The van der Waals surface area contributed by atoms with Crippen molar-refractivity contribution in [2.75, 3.05) is 6.54 Å². The summed E-state index contributed by atoms with van der Waals surface area (Å²) in [5.74, 6) is 0. The zero-order valence-corrected chi connectivity index (χ0v) is 10.4. The van der Waals surface area contributed by atoms with Gasteiger partial charge in [-0.3, -0.25) is 0 Å². The standard InChI is InChI=1S/C10H15ClN2OS/c1-3-6-12-10(14)13-7(2)8-4-5-9(11)15-8/h4-5,7H,3,6H2,1-2H3,(H2,12,13,14)/t7-/m0/s1. The first kappa shape index (κ1) is 12.3. The number of amides is 2. The van der Waals surface area contributed by atoms with E-state index in [9.17, 15) is 4.79 Å². The molecule has 1 aromatic rings. The molecule has 2 amide bonds. The van der Waals surface area contributed by atoms with Crippen LogP contribution in [-0.2, 0) is 0 Å². The minimum absolute atomic E-state index is 0.000596. The van der Waals surface area contributed by atoms with Crippen molar-refractivity contribution in [3.05, 3.63) is 21.3 Å². The number of rotatable bonds is 4. The Balaban J connectivity index is 2.41. The second-order valence-electron chi connectivity index (χ2n) is 3.26. The maximum absolute atomic E-state index is 11.3.